The molecule has 1 atom stereocenters. The van der Waals surface area contributed by atoms with Gasteiger partial charge in [-0.3, -0.25) is 19.8 Å². The number of nitrogens with zero attached hydrogens (tertiary/aromatic N) is 3. The van der Waals surface area contributed by atoms with Crippen LogP contribution in [0.15, 0.2) is 72.8 Å². The molecule has 0 aliphatic carbocycles. The molecule has 0 spiro atoms. The molecule has 1 aliphatic heterocycles. The third kappa shape index (κ3) is 7.34. The van der Waals surface area contributed by atoms with Crippen molar-refractivity contribution in [2.45, 2.75) is 18.9 Å². The third-order valence-corrected chi connectivity index (χ3v) is 6.42. The zero-order chi connectivity index (χ0) is 26.2. The first kappa shape index (κ1) is 26.2. The number of carbonyl (C=O) groups is 1. The number of aliphatic hydroxyl groups is 1. The van der Waals surface area contributed by atoms with Crippen LogP contribution in [-0.2, 0) is 6.42 Å². The summed E-state index contributed by atoms with van der Waals surface area (Å²) >= 11 is 0. The zero-order valence-electron chi connectivity index (χ0n) is 20.5. The van der Waals surface area contributed by atoms with Gasteiger partial charge in [-0.15, -0.1) is 0 Å². The number of benzene rings is 3. The molecule has 1 saturated heterocycles. The number of aryl methyl sites for hydroxylation is 1. The normalized spacial score (nSPS) is 14.8. The number of piperazine rings is 1. The van der Waals surface area contributed by atoms with Crippen LogP contribution in [0.3, 0.4) is 0 Å². The van der Waals surface area contributed by atoms with Crippen molar-refractivity contribution in [2.24, 2.45) is 0 Å². The number of ketones is 1. The quantitative estimate of drug-likeness (QED) is 0.237. The van der Waals surface area contributed by atoms with E-state index >= 15 is 0 Å². The highest BCUT2D eigenvalue weighted by Crippen LogP contribution is 2.23. The van der Waals surface area contributed by atoms with Crippen LogP contribution in [0.5, 0.6) is 5.75 Å². The number of halogens is 1. The lowest BCUT2D eigenvalue weighted by molar-refractivity contribution is -0.384. The van der Waals surface area contributed by atoms with Gasteiger partial charge in [0.15, 0.2) is 5.78 Å². The Bertz CT molecular complexity index is 1200. The summed E-state index contributed by atoms with van der Waals surface area (Å²) in [5, 5.41) is 21.4. The number of β-amino-alcohol motifs (C(OH)–C–C–N with tert-alkyl or cyclic N) is 1. The monoisotopic (exact) mass is 507 g/mol. The van der Waals surface area contributed by atoms with Crippen LogP contribution in [0.2, 0.25) is 0 Å². The summed E-state index contributed by atoms with van der Waals surface area (Å²) in [4.78, 5) is 27.5. The molecule has 0 bridgehead atoms. The minimum atomic E-state index is -0.789. The van der Waals surface area contributed by atoms with Gasteiger partial charge in [-0.05, 0) is 42.3 Å². The molecule has 9 heteroatoms. The fourth-order valence-electron chi connectivity index (χ4n) is 4.39. The van der Waals surface area contributed by atoms with Crippen LogP contribution in [0.1, 0.15) is 22.3 Å². The molecule has 1 N–H and O–H groups in total. The molecule has 0 amide bonds. The average Bonchev–Trinajstić information content (AvgIpc) is 2.92. The highest BCUT2D eigenvalue weighted by molar-refractivity contribution is 5.98. The number of anilines is 1. The summed E-state index contributed by atoms with van der Waals surface area (Å²) in [5.41, 5.74) is 2.20. The summed E-state index contributed by atoms with van der Waals surface area (Å²) in [6.45, 7) is 3.26. The van der Waals surface area contributed by atoms with Gasteiger partial charge < -0.3 is 14.7 Å². The molecule has 1 unspecified atom stereocenters. The topological polar surface area (TPSA) is 96.2 Å². The second kappa shape index (κ2) is 12.4. The first-order chi connectivity index (χ1) is 17.9. The highest BCUT2D eigenvalue weighted by Gasteiger charge is 2.21. The second-order valence-electron chi connectivity index (χ2n) is 9.08. The van der Waals surface area contributed by atoms with Gasteiger partial charge in [-0.2, -0.15) is 0 Å². The largest absolute Gasteiger partial charge is 0.490 e. The number of hydrogen-bond acceptors (Lipinski definition) is 7. The van der Waals surface area contributed by atoms with Crippen LogP contribution in [0.4, 0.5) is 15.8 Å². The maximum atomic E-state index is 13.9. The van der Waals surface area contributed by atoms with Crippen LogP contribution < -0.4 is 9.64 Å². The summed E-state index contributed by atoms with van der Waals surface area (Å²) in [6.07, 6.45) is -0.0153. The van der Waals surface area contributed by atoms with E-state index in [-0.39, 0.29) is 35.8 Å². The van der Waals surface area contributed by atoms with Crippen molar-refractivity contribution in [2.75, 3.05) is 44.2 Å². The van der Waals surface area contributed by atoms with Gasteiger partial charge in [-0.25, -0.2) is 4.39 Å². The van der Waals surface area contributed by atoms with E-state index in [9.17, 15) is 24.4 Å². The maximum absolute atomic E-state index is 13.9. The Morgan fingerprint density at radius 3 is 2.41 bits per heavy atom. The fraction of sp³-hybridized carbons (Fsp3) is 0.321. The molecule has 1 aliphatic rings. The van der Waals surface area contributed by atoms with Gasteiger partial charge in [0.1, 0.15) is 24.3 Å². The molecule has 8 nitrogen and oxygen atoms in total. The van der Waals surface area contributed by atoms with E-state index in [0.717, 1.165) is 24.3 Å². The number of non-ortho nitro benzene ring substituents is 1. The van der Waals surface area contributed by atoms with Crippen LogP contribution in [0, 0.1) is 15.9 Å². The molecular weight excluding hydrogens is 477 g/mol. The minimum absolute atomic E-state index is 0.0207. The Hall–Kier alpha value is -3.82. The van der Waals surface area contributed by atoms with Crippen LogP contribution >= 0.6 is 0 Å². The van der Waals surface area contributed by atoms with Crippen LogP contribution in [-0.4, -0.2) is 66.1 Å². The van der Waals surface area contributed by atoms with E-state index < -0.39 is 16.8 Å². The van der Waals surface area contributed by atoms with Gasteiger partial charge in [-0.1, -0.05) is 30.3 Å². The molecule has 0 radical (unpaired) electrons. The van der Waals surface area contributed by atoms with E-state index in [4.69, 9.17) is 4.74 Å². The van der Waals surface area contributed by atoms with Crippen molar-refractivity contribution in [1.29, 1.82) is 0 Å². The molecule has 4 rings (SSSR count). The number of rotatable bonds is 11. The van der Waals surface area contributed by atoms with Crippen molar-refractivity contribution in [3.63, 3.8) is 0 Å². The zero-order valence-corrected chi connectivity index (χ0v) is 20.5. The Morgan fingerprint density at radius 1 is 1.03 bits per heavy atom. The third-order valence-electron chi connectivity index (χ3n) is 6.42. The lowest BCUT2D eigenvalue weighted by Crippen LogP contribution is -2.49. The van der Waals surface area contributed by atoms with E-state index in [1.165, 1.54) is 30.3 Å². The highest BCUT2D eigenvalue weighted by atomic mass is 19.1. The first-order valence-corrected chi connectivity index (χ1v) is 12.3. The lowest BCUT2D eigenvalue weighted by atomic mass is 10.0. The molecule has 1 fully saturated rings. The molecule has 1 heterocycles. The molecular formula is C28H30FN3O5. The molecule has 3 aromatic rings. The second-order valence-corrected chi connectivity index (χ2v) is 9.08. The van der Waals surface area contributed by atoms with Gasteiger partial charge in [0.25, 0.3) is 5.69 Å². The fourth-order valence-corrected chi connectivity index (χ4v) is 4.39. The van der Waals surface area contributed by atoms with E-state index in [1.807, 2.05) is 30.3 Å². The molecule has 0 saturated carbocycles. The number of aliphatic hydroxyl groups excluding tert-OH is 1. The Balaban J connectivity index is 1.26. The number of nitro benzene ring substituents is 1. The summed E-state index contributed by atoms with van der Waals surface area (Å²) in [7, 11) is 0. The van der Waals surface area contributed by atoms with Crippen LogP contribution in [0.25, 0.3) is 0 Å². The van der Waals surface area contributed by atoms with Crippen molar-refractivity contribution >= 4 is 17.2 Å². The predicted molar refractivity (Wildman–Crippen MR) is 139 cm³/mol. The molecule has 194 valence electrons. The smallest absolute Gasteiger partial charge is 0.269 e. The maximum Gasteiger partial charge on any atom is 0.269 e. The van der Waals surface area contributed by atoms with Crippen molar-refractivity contribution < 1.29 is 24.0 Å². The first-order valence-electron chi connectivity index (χ1n) is 12.3. The molecule has 3 aromatic carbocycles. The number of hydrogen-bond donors (Lipinski definition) is 1. The van der Waals surface area contributed by atoms with Gasteiger partial charge >= 0.3 is 0 Å². The predicted octanol–water partition coefficient (Wildman–Crippen LogP) is 4.11. The standard InChI is InChI=1S/C28H30FN3O5/c29-22-7-13-28(26(18-22)27(34)12-6-21-4-2-1-3-5-21)37-20-25(33)19-30-14-16-31(17-15-30)23-8-10-24(11-9-23)32(35)36/h1-5,7-11,13,18,25,33H,6,12,14-17,19-20H2. The van der Waals surface area contributed by atoms with E-state index in [2.05, 4.69) is 9.80 Å². The minimum Gasteiger partial charge on any atom is -0.490 e. The Kier molecular flexibility index (Phi) is 8.81. The molecule has 37 heavy (non-hydrogen) atoms. The average molecular weight is 508 g/mol. The SMILES string of the molecule is O=C(CCc1ccccc1)c1cc(F)ccc1OCC(O)CN1CCN(c2ccc([N+](=O)[O-])cc2)CC1. The summed E-state index contributed by atoms with van der Waals surface area (Å²) in [5.74, 6) is -0.460. The van der Waals surface area contributed by atoms with Crippen molar-refractivity contribution in [3.05, 3.63) is 99.9 Å². The number of ether oxygens (including phenoxy) is 1. The van der Waals surface area contributed by atoms with Crippen molar-refractivity contribution in [1.82, 2.24) is 4.90 Å². The Labute approximate surface area is 215 Å². The van der Waals surface area contributed by atoms with E-state index in [0.29, 0.717) is 26.1 Å². The summed E-state index contributed by atoms with van der Waals surface area (Å²) < 4.78 is 19.7. The van der Waals surface area contributed by atoms with Gasteiger partial charge in [0, 0.05) is 57.0 Å². The summed E-state index contributed by atoms with van der Waals surface area (Å²) in [6, 6.07) is 20.0. The van der Waals surface area contributed by atoms with Gasteiger partial charge in [0.2, 0.25) is 0 Å². The lowest BCUT2D eigenvalue weighted by Gasteiger charge is -2.36. The van der Waals surface area contributed by atoms with Gasteiger partial charge in [0.05, 0.1) is 10.5 Å². The van der Waals surface area contributed by atoms with E-state index in [1.54, 1.807) is 12.1 Å². The number of carbonyl (C=O) groups excluding carboxylic acids is 1. The number of nitro groups is 1. The Morgan fingerprint density at radius 2 is 1.73 bits per heavy atom. The molecule has 0 aromatic heterocycles. The van der Waals surface area contributed by atoms with Crippen molar-refractivity contribution in [3.8, 4) is 5.75 Å². The number of Topliss-reactive ketones (excluding diaryl/α,β-unsaturated/α-hetero) is 1.